The first-order valence-electron chi connectivity index (χ1n) is 12.2. The molecule has 2 saturated heterocycles. The molecule has 0 aliphatic carbocycles. The fraction of sp³-hybridized carbons (Fsp3) is 0.370. The summed E-state index contributed by atoms with van der Waals surface area (Å²) in [4.78, 5) is 26.2. The first kappa shape index (κ1) is 23.3. The van der Waals surface area contributed by atoms with Gasteiger partial charge >= 0.3 is 0 Å². The minimum atomic E-state index is -0.0495. The molecule has 0 bridgehead atoms. The third-order valence-electron chi connectivity index (χ3n) is 6.46. The van der Waals surface area contributed by atoms with Gasteiger partial charge in [0.1, 0.15) is 5.75 Å². The van der Waals surface area contributed by atoms with Crippen LogP contribution >= 0.6 is 0 Å². The minimum absolute atomic E-state index is 0.0495. The number of morpholine rings is 1. The van der Waals surface area contributed by atoms with E-state index in [1.165, 1.54) is 5.56 Å². The van der Waals surface area contributed by atoms with Crippen molar-refractivity contribution in [2.24, 2.45) is 0 Å². The third kappa shape index (κ3) is 6.15. The predicted molar refractivity (Wildman–Crippen MR) is 134 cm³/mol. The number of aromatic nitrogens is 2. The lowest BCUT2D eigenvalue weighted by Gasteiger charge is -2.32. The summed E-state index contributed by atoms with van der Waals surface area (Å²) in [5.74, 6) is 1.72. The Kier molecular flexibility index (Phi) is 7.50. The van der Waals surface area contributed by atoms with E-state index in [0.29, 0.717) is 36.2 Å². The molecule has 1 N–H and O–H groups in total. The van der Waals surface area contributed by atoms with Crippen molar-refractivity contribution in [2.45, 2.75) is 25.4 Å². The van der Waals surface area contributed by atoms with E-state index in [-0.39, 0.29) is 11.9 Å². The maximum absolute atomic E-state index is 12.8. The van der Waals surface area contributed by atoms with Crippen LogP contribution < -0.4 is 15.0 Å². The number of nitrogens with one attached hydrogen (secondary N) is 1. The highest BCUT2D eigenvalue weighted by atomic mass is 16.5. The Morgan fingerprint density at radius 1 is 0.943 bits per heavy atom. The second-order valence-corrected chi connectivity index (χ2v) is 8.92. The number of piperidine rings is 1. The van der Waals surface area contributed by atoms with Crippen LogP contribution in [0.2, 0.25) is 0 Å². The smallest absolute Gasteiger partial charge is 0.263 e. The lowest BCUT2D eigenvalue weighted by atomic mass is 10.0. The summed E-state index contributed by atoms with van der Waals surface area (Å²) in [5.41, 5.74) is 1.95. The van der Waals surface area contributed by atoms with Gasteiger partial charge in [0.25, 0.3) is 11.8 Å². The van der Waals surface area contributed by atoms with E-state index in [1.807, 2.05) is 6.07 Å². The molecule has 8 heteroatoms. The highest BCUT2D eigenvalue weighted by molar-refractivity contribution is 5.94. The van der Waals surface area contributed by atoms with Gasteiger partial charge in [-0.05, 0) is 42.7 Å². The normalized spacial score (nSPS) is 17.2. The van der Waals surface area contributed by atoms with Crippen molar-refractivity contribution in [3.8, 4) is 11.6 Å². The van der Waals surface area contributed by atoms with E-state index < -0.39 is 0 Å². The molecule has 2 aromatic carbocycles. The zero-order chi connectivity index (χ0) is 23.9. The van der Waals surface area contributed by atoms with E-state index in [9.17, 15) is 4.79 Å². The number of anilines is 1. The largest absolute Gasteiger partial charge is 0.436 e. The Morgan fingerprint density at radius 2 is 1.66 bits per heavy atom. The average Bonchev–Trinajstić information content (AvgIpc) is 2.92. The molecule has 0 unspecified atom stereocenters. The molecular formula is C27H31N5O3. The SMILES string of the molecule is O=C(NC1CCN(Cc2ccccc2)CC1)c1ccc(Oc2nccnc2N2CCOCC2)cc1. The number of nitrogens with zero attached hydrogens (tertiary/aromatic N) is 4. The van der Waals surface area contributed by atoms with Crippen molar-refractivity contribution in [3.63, 3.8) is 0 Å². The average molecular weight is 474 g/mol. The molecule has 2 fully saturated rings. The molecule has 0 saturated carbocycles. The number of carbonyl (C=O) groups is 1. The Morgan fingerprint density at radius 3 is 2.40 bits per heavy atom. The van der Waals surface area contributed by atoms with E-state index in [2.05, 4.69) is 49.4 Å². The molecule has 182 valence electrons. The maximum atomic E-state index is 12.8. The third-order valence-corrected chi connectivity index (χ3v) is 6.46. The summed E-state index contributed by atoms with van der Waals surface area (Å²) in [6, 6.07) is 17.9. The fourth-order valence-corrected chi connectivity index (χ4v) is 4.51. The van der Waals surface area contributed by atoms with Gasteiger partial charge in [0.05, 0.1) is 13.2 Å². The van der Waals surface area contributed by atoms with Crippen LogP contribution in [0, 0.1) is 0 Å². The lowest BCUT2D eigenvalue weighted by Crippen LogP contribution is -2.44. The van der Waals surface area contributed by atoms with Gasteiger partial charge < -0.3 is 19.7 Å². The van der Waals surface area contributed by atoms with Gasteiger partial charge in [-0.15, -0.1) is 0 Å². The first-order valence-corrected chi connectivity index (χ1v) is 12.2. The number of ether oxygens (including phenoxy) is 2. The Hall–Kier alpha value is -3.49. The molecule has 2 aliphatic heterocycles. The van der Waals surface area contributed by atoms with Gasteiger partial charge in [-0.25, -0.2) is 9.97 Å². The molecule has 0 radical (unpaired) electrons. The molecule has 1 aromatic heterocycles. The van der Waals surface area contributed by atoms with Crippen LogP contribution in [0.15, 0.2) is 67.0 Å². The number of carbonyl (C=O) groups excluding carboxylic acids is 1. The summed E-state index contributed by atoms with van der Waals surface area (Å²) < 4.78 is 11.4. The number of rotatable bonds is 7. The number of benzene rings is 2. The van der Waals surface area contributed by atoms with Gasteiger partial charge in [0.2, 0.25) is 0 Å². The molecule has 3 aromatic rings. The first-order chi connectivity index (χ1) is 17.2. The van der Waals surface area contributed by atoms with Crippen molar-refractivity contribution < 1.29 is 14.3 Å². The van der Waals surface area contributed by atoms with Crippen molar-refractivity contribution in [1.29, 1.82) is 0 Å². The van der Waals surface area contributed by atoms with Gasteiger partial charge in [0, 0.05) is 56.7 Å². The highest BCUT2D eigenvalue weighted by Gasteiger charge is 2.22. The predicted octanol–water partition coefficient (Wildman–Crippen LogP) is 3.50. The molecule has 3 heterocycles. The Labute approximate surface area is 205 Å². The summed E-state index contributed by atoms with van der Waals surface area (Å²) in [5, 5.41) is 3.19. The summed E-state index contributed by atoms with van der Waals surface area (Å²) >= 11 is 0. The van der Waals surface area contributed by atoms with Crippen molar-refractivity contribution in [2.75, 3.05) is 44.3 Å². The molecule has 1 amide bonds. The Bertz CT molecular complexity index is 1100. The standard InChI is InChI=1S/C27H31N5O3/c33-26(30-23-10-14-31(15-11-23)20-21-4-2-1-3-5-21)22-6-8-24(9-7-22)35-27-25(28-12-13-29-27)32-16-18-34-19-17-32/h1-9,12-13,23H,10-11,14-20H2,(H,30,33). The van der Waals surface area contributed by atoms with E-state index in [0.717, 1.165) is 45.6 Å². The fourth-order valence-electron chi connectivity index (χ4n) is 4.51. The van der Waals surface area contributed by atoms with Crippen LogP contribution in [-0.4, -0.2) is 66.2 Å². The molecule has 35 heavy (non-hydrogen) atoms. The number of amides is 1. The second-order valence-electron chi connectivity index (χ2n) is 8.92. The van der Waals surface area contributed by atoms with Crippen molar-refractivity contribution in [3.05, 3.63) is 78.1 Å². The zero-order valence-corrected chi connectivity index (χ0v) is 19.8. The van der Waals surface area contributed by atoms with Crippen LogP contribution in [-0.2, 0) is 11.3 Å². The van der Waals surface area contributed by atoms with E-state index in [4.69, 9.17) is 9.47 Å². The molecule has 8 nitrogen and oxygen atoms in total. The minimum Gasteiger partial charge on any atom is -0.436 e. The van der Waals surface area contributed by atoms with Crippen LogP contribution in [0.3, 0.4) is 0 Å². The molecule has 0 atom stereocenters. The van der Waals surface area contributed by atoms with E-state index >= 15 is 0 Å². The molecule has 5 rings (SSSR count). The number of hydrogen-bond donors (Lipinski definition) is 1. The van der Waals surface area contributed by atoms with Crippen molar-refractivity contribution >= 4 is 11.7 Å². The Balaban J connectivity index is 1.13. The monoisotopic (exact) mass is 473 g/mol. The highest BCUT2D eigenvalue weighted by Crippen LogP contribution is 2.28. The van der Waals surface area contributed by atoms with Gasteiger partial charge in [-0.1, -0.05) is 30.3 Å². The zero-order valence-electron chi connectivity index (χ0n) is 19.8. The summed E-state index contributed by atoms with van der Waals surface area (Å²) in [6.07, 6.45) is 5.19. The molecular weight excluding hydrogens is 442 g/mol. The number of hydrogen-bond acceptors (Lipinski definition) is 7. The van der Waals surface area contributed by atoms with Gasteiger partial charge in [-0.3, -0.25) is 9.69 Å². The van der Waals surface area contributed by atoms with Crippen LogP contribution in [0.4, 0.5) is 5.82 Å². The molecule has 2 aliphatic rings. The quantitative estimate of drug-likeness (QED) is 0.563. The topological polar surface area (TPSA) is 79.8 Å². The maximum Gasteiger partial charge on any atom is 0.263 e. The van der Waals surface area contributed by atoms with E-state index in [1.54, 1.807) is 36.7 Å². The molecule has 0 spiro atoms. The summed E-state index contributed by atoms with van der Waals surface area (Å²) in [6.45, 7) is 5.74. The number of likely N-dealkylation sites (tertiary alicyclic amines) is 1. The van der Waals surface area contributed by atoms with Crippen molar-refractivity contribution in [1.82, 2.24) is 20.2 Å². The van der Waals surface area contributed by atoms with Gasteiger partial charge in [-0.2, -0.15) is 0 Å². The van der Waals surface area contributed by atoms with Crippen LogP contribution in [0.5, 0.6) is 11.6 Å². The summed E-state index contributed by atoms with van der Waals surface area (Å²) in [7, 11) is 0. The van der Waals surface area contributed by atoms with Gasteiger partial charge in [0.15, 0.2) is 5.82 Å². The second kappa shape index (κ2) is 11.3. The van der Waals surface area contributed by atoms with Crippen LogP contribution in [0.25, 0.3) is 0 Å². The van der Waals surface area contributed by atoms with Crippen LogP contribution in [0.1, 0.15) is 28.8 Å². The lowest BCUT2D eigenvalue weighted by molar-refractivity contribution is 0.0909.